The Morgan fingerprint density at radius 3 is 2.50 bits per heavy atom. The number of likely N-dealkylation sites (N-methyl/N-ethyl adjacent to an activating group) is 1. The summed E-state index contributed by atoms with van der Waals surface area (Å²) in [6.45, 7) is 13.9. The van der Waals surface area contributed by atoms with E-state index >= 15 is 0 Å². The Balaban J connectivity index is 2.60. The zero-order valence-electron chi connectivity index (χ0n) is 10.8. The van der Waals surface area contributed by atoms with Gasteiger partial charge in [-0.25, -0.2) is 0 Å². The maximum absolute atomic E-state index is 3.98. The van der Waals surface area contributed by atoms with Gasteiger partial charge in [-0.1, -0.05) is 50.3 Å². The number of rotatable bonds is 6. The molecule has 0 radical (unpaired) electrons. The lowest BCUT2D eigenvalue weighted by Gasteiger charge is -2.17. The smallest absolute Gasteiger partial charge is 0.00216 e. The van der Waals surface area contributed by atoms with Crippen molar-refractivity contribution in [3.05, 3.63) is 42.0 Å². The minimum absolute atomic E-state index is 1.13. The summed E-state index contributed by atoms with van der Waals surface area (Å²) < 4.78 is 0. The van der Waals surface area contributed by atoms with E-state index < -0.39 is 0 Å². The van der Waals surface area contributed by atoms with Crippen LogP contribution in [0.15, 0.2) is 30.8 Å². The standard InChI is InChI=1S/C15H23N/c1-5-16(6-2)11-10-14-8-7-9-15(12-14)13(3)4/h7-9,12H,3,5-6,10-11H2,1-2,4H3. The van der Waals surface area contributed by atoms with Crippen LogP contribution in [0.1, 0.15) is 31.9 Å². The molecule has 0 aliphatic rings. The minimum Gasteiger partial charge on any atom is -0.304 e. The molecule has 0 unspecified atom stereocenters. The van der Waals surface area contributed by atoms with Crippen LogP contribution in [0.5, 0.6) is 0 Å². The molecule has 0 saturated carbocycles. The minimum atomic E-state index is 1.13. The van der Waals surface area contributed by atoms with Gasteiger partial charge in [0.1, 0.15) is 0 Å². The van der Waals surface area contributed by atoms with Crippen LogP contribution in [-0.2, 0) is 6.42 Å². The molecular formula is C15H23N. The van der Waals surface area contributed by atoms with E-state index in [9.17, 15) is 0 Å². The SMILES string of the molecule is C=C(C)c1cccc(CCN(CC)CC)c1. The molecule has 0 fully saturated rings. The van der Waals surface area contributed by atoms with Gasteiger partial charge in [-0.3, -0.25) is 0 Å². The third-order valence-electron chi connectivity index (χ3n) is 3.03. The quantitative estimate of drug-likeness (QED) is 0.703. The maximum Gasteiger partial charge on any atom is 0.00216 e. The summed E-state index contributed by atoms with van der Waals surface area (Å²) in [5.74, 6) is 0. The van der Waals surface area contributed by atoms with E-state index in [1.165, 1.54) is 11.1 Å². The van der Waals surface area contributed by atoms with Crippen LogP contribution in [0.2, 0.25) is 0 Å². The first kappa shape index (κ1) is 13.0. The first-order valence-electron chi connectivity index (χ1n) is 6.14. The second-order valence-corrected chi connectivity index (χ2v) is 4.26. The predicted molar refractivity (Wildman–Crippen MR) is 72.6 cm³/mol. The highest BCUT2D eigenvalue weighted by molar-refractivity contribution is 5.61. The van der Waals surface area contributed by atoms with Crippen molar-refractivity contribution in [3.63, 3.8) is 0 Å². The van der Waals surface area contributed by atoms with Gasteiger partial charge in [0, 0.05) is 6.54 Å². The van der Waals surface area contributed by atoms with E-state index in [2.05, 4.69) is 56.5 Å². The van der Waals surface area contributed by atoms with Crippen LogP contribution in [0, 0.1) is 0 Å². The Hall–Kier alpha value is -1.08. The van der Waals surface area contributed by atoms with Gasteiger partial charge < -0.3 is 4.90 Å². The zero-order valence-corrected chi connectivity index (χ0v) is 10.8. The average Bonchev–Trinajstić information content (AvgIpc) is 2.31. The van der Waals surface area contributed by atoms with Gasteiger partial charge in [0.15, 0.2) is 0 Å². The zero-order chi connectivity index (χ0) is 12.0. The highest BCUT2D eigenvalue weighted by Gasteiger charge is 2.01. The molecule has 0 saturated heterocycles. The van der Waals surface area contributed by atoms with Crippen molar-refractivity contribution >= 4 is 5.57 Å². The van der Waals surface area contributed by atoms with Gasteiger partial charge >= 0.3 is 0 Å². The van der Waals surface area contributed by atoms with Crippen molar-refractivity contribution < 1.29 is 0 Å². The third-order valence-corrected chi connectivity index (χ3v) is 3.03. The van der Waals surface area contributed by atoms with Crippen molar-refractivity contribution in [2.75, 3.05) is 19.6 Å². The first-order chi connectivity index (χ1) is 7.67. The summed E-state index contributed by atoms with van der Waals surface area (Å²) in [6.07, 6.45) is 1.13. The normalized spacial score (nSPS) is 10.8. The topological polar surface area (TPSA) is 3.24 Å². The van der Waals surface area contributed by atoms with E-state index in [1.807, 2.05) is 0 Å². The molecule has 0 amide bonds. The lowest BCUT2D eigenvalue weighted by molar-refractivity contribution is 0.308. The summed E-state index contributed by atoms with van der Waals surface area (Å²) in [5.41, 5.74) is 3.81. The molecule has 0 spiro atoms. The van der Waals surface area contributed by atoms with Gasteiger partial charge in [-0.15, -0.1) is 0 Å². The molecule has 0 aromatic heterocycles. The number of nitrogens with zero attached hydrogens (tertiary/aromatic N) is 1. The average molecular weight is 217 g/mol. The van der Waals surface area contributed by atoms with Crippen molar-refractivity contribution in [2.24, 2.45) is 0 Å². The van der Waals surface area contributed by atoms with Crippen molar-refractivity contribution in [1.29, 1.82) is 0 Å². The lowest BCUT2D eigenvalue weighted by atomic mass is 10.0. The molecule has 1 heteroatoms. The van der Waals surface area contributed by atoms with Crippen LogP contribution in [0.3, 0.4) is 0 Å². The number of hydrogen-bond donors (Lipinski definition) is 0. The second kappa shape index (κ2) is 6.49. The Bertz CT molecular complexity index is 337. The van der Waals surface area contributed by atoms with Gasteiger partial charge in [-0.05, 0) is 37.6 Å². The van der Waals surface area contributed by atoms with Crippen molar-refractivity contribution in [1.82, 2.24) is 4.90 Å². The molecule has 1 nitrogen and oxygen atoms in total. The Labute approximate surface area is 99.8 Å². The van der Waals surface area contributed by atoms with E-state index in [1.54, 1.807) is 0 Å². The Morgan fingerprint density at radius 2 is 1.94 bits per heavy atom. The highest BCUT2D eigenvalue weighted by atomic mass is 15.1. The summed E-state index contributed by atoms with van der Waals surface area (Å²) in [6, 6.07) is 8.71. The van der Waals surface area contributed by atoms with Crippen LogP contribution < -0.4 is 0 Å². The van der Waals surface area contributed by atoms with Crippen LogP contribution in [0.4, 0.5) is 0 Å². The molecule has 0 aliphatic heterocycles. The molecule has 0 aliphatic carbocycles. The molecule has 88 valence electrons. The maximum atomic E-state index is 3.98. The van der Waals surface area contributed by atoms with Gasteiger partial charge in [0.05, 0.1) is 0 Å². The molecule has 0 bridgehead atoms. The highest BCUT2D eigenvalue weighted by Crippen LogP contribution is 2.13. The molecule has 1 aromatic rings. The van der Waals surface area contributed by atoms with E-state index in [0.717, 1.165) is 31.6 Å². The van der Waals surface area contributed by atoms with Crippen LogP contribution >= 0.6 is 0 Å². The predicted octanol–water partition coefficient (Wildman–Crippen LogP) is 3.60. The second-order valence-electron chi connectivity index (χ2n) is 4.26. The molecule has 16 heavy (non-hydrogen) atoms. The third kappa shape index (κ3) is 3.82. The Kier molecular flexibility index (Phi) is 5.27. The number of allylic oxidation sites excluding steroid dienone is 1. The van der Waals surface area contributed by atoms with Gasteiger partial charge in [0.25, 0.3) is 0 Å². The molecule has 0 heterocycles. The van der Waals surface area contributed by atoms with Gasteiger partial charge in [0.2, 0.25) is 0 Å². The fraction of sp³-hybridized carbons (Fsp3) is 0.467. The fourth-order valence-corrected chi connectivity index (χ4v) is 1.82. The summed E-state index contributed by atoms with van der Waals surface area (Å²) >= 11 is 0. The largest absolute Gasteiger partial charge is 0.304 e. The van der Waals surface area contributed by atoms with E-state index in [-0.39, 0.29) is 0 Å². The van der Waals surface area contributed by atoms with Crippen LogP contribution in [-0.4, -0.2) is 24.5 Å². The summed E-state index contributed by atoms with van der Waals surface area (Å²) in [7, 11) is 0. The molecular weight excluding hydrogens is 194 g/mol. The van der Waals surface area contributed by atoms with Crippen molar-refractivity contribution in [2.45, 2.75) is 27.2 Å². The summed E-state index contributed by atoms with van der Waals surface area (Å²) in [5, 5.41) is 0. The summed E-state index contributed by atoms with van der Waals surface area (Å²) in [4.78, 5) is 2.45. The Morgan fingerprint density at radius 1 is 1.25 bits per heavy atom. The fourth-order valence-electron chi connectivity index (χ4n) is 1.82. The monoisotopic (exact) mass is 217 g/mol. The lowest BCUT2D eigenvalue weighted by Crippen LogP contribution is -2.25. The van der Waals surface area contributed by atoms with Crippen molar-refractivity contribution in [3.8, 4) is 0 Å². The van der Waals surface area contributed by atoms with E-state index in [0.29, 0.717) is 0 Å². The molecule has 1 rings (SSSR count). The van der Waals surface area contributed by atoms with Gasteiger partial charge in [-0.2, -0.15) is 0 Å². The van der Waals surface area contributed by atoms with Crippen LogP contribution in [0.25, 0.3) is 5.57 Å². The first-order valence-corrected chi connectivity index (χ1v) is 6.14. The number of benzene rings is 1. The molecule has 1 aromatic carbocycles. The van der Waals surface area contributed by atoms with E-state index in [4.69, 9.17) is 0 Å². The molecule has 0 atom stereocenters. The number of hydrogen-bond acceptors (Lipinski definition) is 1. The molecule has 0 N–H and O–H groups in total.